The fraction of sp³-hybridized carbons (Fsp3) is 0.192. The van der Waals surface area contributed by atoms with Gasteiger partial charge in [0.05, 0.1) is 5.97 Å². The highest BCUT2D eigenvalue weighted by atomic mass is 16.5. The van der Waals surface area contributed by atoms with Gasteiger partial charge in [-0.25, -0.2) is 0 Å². The lowest BCUT2D eigenvalue weighted by atomic mass is 9.89. The van der Waals surface area contributed by atoms with Gasteiger partial charge in [0.15, 0.2) is 11.3 Å². The molecule has 0 unspecified atom stereocenters. The highest BCUT2D eigenvalue weighted by Crippen LogP contribution is 2.30. The van der Waals surface area contributed by atoms with Gasteiger partial charge < -0.3 is 23.8 Å². The average molecular weight is 415 g/mol. The van der Waals surface area contributed by atoms with Crippen LogP contribution in [0.4, 0.5) is 0 Å². The van der Waals surface area contributed by atoms with E-state index in [0.717, 1.165) is 11.8 Å². The molecule has 0 spiro atoms. The molecular formula is C26H23O5-. The zero-order valence-electron chi connectivity index (χ0n) is 17.0. The summed E-state index contributed by atoms with van der Waals surface area (Å²) in [6, 6.07) is 28.1. The topological polar surface area (TPSA) is 71.7 Å². The summed E-state index contributed by atoms with van der Waals surface area (Å²) < 4.78 is 17.0. The number of para-hydroxylation sites is 1. The molecule has 0 aliphatic heterocycles. The number of carbonyl (C=O) groups excluding carboxylic acids is 1. The molecule has 0 atom stereocenters. The third-order valence-electron chi connectivity index (χ3n) is 5.10. The third-order valence-corrected chi connectivity index (χ3v) is 5.10. The van der Waals surface area contributed by atoms with Crippen LogP contribution in [0.2, 0.25) is 0 Å². The molecule has 1 aromatic heterocycles. The van der Waals surface area contributed by atoms with Crippen LogP contribution in [-0.2, 0) is 16.1 Å². The van der Waals surface area contributed by atoms with E-state index in [2.05, 4.69) is 48.5 Å². The Morgan fingerprint density at radius 1 is 0.903 bits per heavy atom. The SMILES string of the molecule is O=C([O-])COc1cccc2cc(COCCC(c3ccccc3)c3ccccc3)oc12. The minimum atomic E-state index is -1.28. The van der Waals surface area contributed by atoms with Gasteiger partial charge in [0.1, 0.15) is 19.0 Å². The van der Waals surface area contributed by atoms with E-state index >= 15 is 0 Å². The number of rotatable bonds is 10. The Bertz CT molecular complexity index is 1080. The zero-order valence-corrected chi connectivity index (χ0v) is 17.0. The van der Waals surface area contributed by atoms with Crippen molar-refractivity contribution in [1.29, 1.82) is 0 Å². The van der Waals surface area contributed by atoms with Gasteiger partial charge in [0.25, 0.3) is 0 Å². The van der Waals surface area contributed by atoms with E-state index in [4.69, 9.17) is 13.9 Å². The minimum absolute atomic E-state index is 0.253. The second-order valence-corrected chi connectivity index (χ2v) is 7.26. The van der Waals surface area contributed by atoms with Crippen LogP contribution < -0.4 is 9.84 Å². The van der Waals surface area contributed by atoms with Gasteiger partial charge in [-0.1, -0.05) is 72.8 Å². The number of carboxylic acids is 1. The standard InChI is InChI=1S/C26H24O5/c27-25(28)18-30-24-13-7-12-21-16-22(31-26(21)24)17-29-15-14-23(19-8-3-1-4-9-19)20-10-5-2-6-11-20/h1-13,16,23H,14-15,17-18H2,(H,27,28)/p-1. The number of hydrogen-bond donors (Lipinski definition) is 0. The van der Waals surface area contributed by atoms with E-state index in [-0.39, 0.29) is 5.92 Å². The normalized spacial score (nSPS) is 11.1. The van der Waals surface area contributed by atoms with E-state index in [1.165, 1.54) is 11.1 Å². The zero-order chi connectivity index (χ0) is 21.5. The minimum Gasteiger partial charge on any atom is -0.546 e. The fourth-order valence-corrected chi connectivity index (χ4v) is 3.68. The number of benzene rings is 3. The molecule has 3 aromatic carbocycles. The second kappa shape index (κ2) is 9.96. The number of hydrogen-bond acceptors (Lipinski definition) is 5. The first-order valence-corrected chi connectivity index (χ1v) is 10.2. The van der Waals surface area contributed by atoms with E-state index in [1.807, 2.05) is 24.3 Å². The highest BCUT2D eigenvalue weighted by Gasteiger charge is 2.14. The predicted molar refractivity (Wildman–Crippen MR) is 116 cm³/mol. The van der Waals surface area contributed by atoms with Gasteiger partial charge in [-0.3, -0.25) is 0 Å². The smallest absolute Gasteiger partial charge is 0.176 e. The summed E-state index contributed by atoms with van der Waals surface area (Å²) in [5, 5.41) is 11.5. The molecule has 0 fully saturated rings. The predicted octanol–water partition coefficient (Wildman–Crippen LogP) is 4.30. The lowest BCUT2D eigenvalue weighted by Crippen LogP contribution is -2.28. The third kappa shape index (κ3) is 5.32. The number of furan rings is 1. The van der Waals surface area contributed by atoms with Crippen molar-refractivity contribution in [3.05, 3.63) is 102 Å². The largest absolute Gasteiger partial charge is 0.546 e. The van der Waals surface area contributed by atoms with Crippen molar-refractivity contribution in [1.82, 2.24) is 0 Å². The molecule has 0 N–H and O–H groups in total. The van der Waals surface area contributed by atoms with Crippen LogP contribution >= 0.6 is 0 Å². The molecule has 1 heterocycles. The summed E-state index contributed by atoms with van der Waals surface area (Å²) in [5.74, 6) is 0.0119. The lowest BCUT2D eigenvalue weighted by molar-refractivity contribution is -0.307. The van der Waals surface area contributed by atoms with Crippen LogP contribution in [0.5, 0.6) is 5.75 Å². The summed E-state index contributed by atoms with van der Waals surface area (Å²) in [6.07, 6.45) is 0.841. The van der Waals surface area contributed by atoms with Gasteiger partial charge in [0.2, 0.25) is 0 Å². The molecule has 5 heteroatoms. The van der Waals surface area contributed by atoms with Crippen LogP contribution in [0.1, 0.15) is 29.2 Å². The highest BCUT2D eigenvalue weighted by molar-refractivity contribution is 5.84. The Morgan fingerprint density at radius 2 is 1.58 bits per heavy atom. The van der Waals surface area contributed by atoms with Crippen LogP contribution in [0.25, 0.3) is 11.0 Å². The molecule has 0 saturated carbocycles. The molecule has 31 heavy (non-hydrogen) atoms. The first kappa shape index (κ1) is 20.7. The molecular weight excluding hydrogens is 392 g/mol. The van der Waals surface area contributed by atoms with Crippen LogP contribution in [0.15, 0.2) is 89.3 Å². The van der Waals surface area contributed by atoms with E-state index in [0.29, 0.717) is 30.3 Å². The van der Waals surface area contributed by atoms with E-state index in [1.54, 1.807) is 12.1 Å². The fourth-order valence-electron chi connectivity index (χ4n) is 3.68. The monoisotopic (exact) mass is 415 g/mol. The summed E-state index contributed by atoms with van der Waals surface area (Å²) in [7, 11) is 0. The Hall–Kier alpha value is -3.57. The molecule has 4 rings (SSSR count). The lowest BCUT2D eigenvalue weighted by Gasteiger charge is -2.18. The molecule has 4 aromatic rings. The van der Waals surface area contributed by atoms with Gasteiger partial charge in [-0.05, 0) is 29.7 Å². The molecule has 0 amide bonds. The quantitative estimate of drug-likeness (QED) is 0.361. The molecule has 0 saturated heterocycles. The van der Waals surface area contributed by atoms with Crippen LogP contribution in [-0.4, -0.2) is 19.2 Å². The Morgan fingerprint density at radius 3 is 2.23 bits per heavy atom. The van der Waals surface area contributed by atoms with E-state index < -0.39 is 12.6 Å². The molecule has 0 radical (unpaired) electrons. The van der Waals surface area contributed by atoms with Crippen molar-refractivity contribution >= 4 is 16.9 Å². The van der Waals surface area contributed by atoms with Crippen molar-refractivity contribution in [2.24, 2.45) is 0 Å². The summed E-state index contributed by atoms with van der Waals surface area (Å²) in [5.41, 5.74) is 3.03. The van der Waals surface area contributed by atoms with Crippen LogP contribution in [0, 0.1) is 0 Å². The Kier molecular flexibility index (Phi) is 6.65. The van der Waals surface area contributed by atoms with Crippen LogP contribution in [0.3, 0.4) is 0 Å². The van der Waals surface area contributed by atoms with Crippen molar-refractivity contribution in [2.75, 3.05) is 13.2 Å². The van der Waals surface area contributed by atoms with Crippen molar-refractivity contribution < 1.29 is 23.8 Å². The van der Waals surface area contributed by atoms with E-state index in [9.17, 15) is 9.90 Å². The molecule has 0 aliphatic rings. The Balaban J connectivity index is 1.39. The van der Waals surface area contributed by atoms with Gasteiger partial charge in [-0.2, -0.15) is 0 Å². The number of fused-ring (bicyclic) bond motifs is 1. The van der Waals surface area contributed by atoms with Crippen molar-refractivity contribution in [3.63, 3.8) is 0 Å². The first-order chi connectivity index (χ1) is 15.2. The van der Waals surface area contributed by atoms with Gasteiger partial charge in [0, 0.05) is 17.9 Å². The number of ether oxygens (including phenoxy) is 2. The second-order valence-electron chi connectivity index (χ2n) is 7.26. The summed E-state index contributed by atoms with van der Waals surface area (Å²) >= 11 is 0. The molecule has 0 aliphatic carbocycles. The molecule has 158 valence electrons. The number of carbonyl (C=O) groups is 1. The maximum Gasteiger partial charge on any atom is 0.176 e. The summed E-state index contributed by atoms with van der Waals surface area (Å²) in [4.78, 5) is 10.7. The van der Waals surface area contributed by atoms with Gasteiger partial charge in [-0.15, -0.1) is 0 Å². The Labute approximate surface area is 180 Å². The first-order valence-electron chi connectivity index (χ1n) is 10.2. The number of carboxylic acid groups (broad SMARTS) is 1. The molecule has 0 bridgehead atoms. The maximum atomic E-state index is 10.7. The van der Waals surface area contributed by atoms with Crippen molar-refractivity contribution in [3.8, 4) is 5.75 Å². The van der Waals surface area contributed by atoms with Gasteiger partial charge >= 0.3 is 0 Å². The summed E-state index contributed by atoms with van der Waals surface area (Å²) in [6.45, 7) is 0.371. The average Bonchev–Trinajstić information content (AvgIpc) is 3.22. The maximum absolute atomic E-state index is 10.7. The number of aliphatic carboxylic acids is 1. The van der Waals surface area contributed by atoms with Crippen molar-refractivity contribution in [2.45, 2.75) is 18.9 Å². The molecule has 5 nitrogen and oxygen atoms in total.